The zero-order chi connectivity index (χ0) is 27.4. The fourth-order valence-corrected chi connectivity index (χ4v) is 3.60. The number of anilines is 6. The molecule has 5 nitrogen and oxygen atoms in total. The van der Waals surface area contributed by atoms with Crippen molar-refractivity contribution in [2.45, 2.75) is 20.3 Å². The van der Waals surface area contributed by atoms with Gasteiger partial charge in [-0.15, -0.1) is 0 Å². The molecule has 4 aromatic rings. The van der Waals surface area contributed by atoms with Crippen LogP contribution in [0.2, 0.25) is 0 Å². The van der Waals surface area contributed by atoms with E-state index in [4.69, 9.17) is 11.5 Å². The van der Waals surface area contributed by atoms with Gasteiger partial charge in [0.25, 0.3) is 0 Å². The third-order valence-corrected chi connectivity index (χ3v) is 5.87. The summed E-state index contributed by atoms with van der Waals surface area (Å²) >= 11 is 0. The molecule has 5 heteroatoms. The van der Waals surface area contributed by atoms with Gasteiger partial charge in [0.15, 0.2) is 0 Å². The first kappa shape index (κ1) is 29.1. The standard InChI is InChI=1S/C17H23N3.C13H14N2.C2H6/c1-18(2)14-6-10-16(11-7-14)20(5)17-12-8-15(9-13-17)19(3)4;14-12-5-1-10(2-6-12)9-11-3-7-13(15)8-4-11;1-2/h6-13H,1-5H3;1-8H,9,14-15H2;1-2H3. The highest BCUT2D eigenvalue weighted by Crippen LogP contribution is 2.27. The van der Waals surface area contributed by atoms with Crippen molar-refractivity contribution in [2.24, 2.45) is 0 Å². The summed E-state index contributed by atoms with van der Waals surface area (Å²) in [5.41, 5.74) is 20.2. The molecule has 0 spiro atoms. The Morgan fingerprint density at radius 3 is 0.973 bits per heavy atom. The highest BCUT2D eigenvalue weighted by Gasteiger charge is 2.05. The molecule has 0 saturated heterocycles. The molecule has 4 rings (SSSR count). The predicted octanol–water partition coefficient (Wildman–Crippen LogP) is 7.05. The van der Waals surface area contributed by atoms with Gasteiger partial charge >= 0.3 is 0 Å². The van der Waals surface area contributed by atoms with E-state index in [2.05, 4.69) is 98.5 Å². The van der Waals surface area contributed by atoms with Crippen molar-refractivity contribution >= 4 is 34.1 Å². The molecule has 4 aromatic carbocycles. The Morgan fingerprint density at radius 2 is 0.703 bits per heavy atom. The molecule has 0 amide bonds. The maximum Gasteiger partial charge on any atom is 0.0409 e. The van der Waals surface area contributed by atoms with E-state index in [1.165, 1.54) is 33.9 Å². The smallest absolute Gasteiger partial charge is 0.0409 e. The molecule has 0 heterocycles. The molecule has 0 fully saturated rings. The van der Waals surface area contributed by atoms with E-state index < -0.39 is 0 Å². The summed E-state index contributed by atoms with van der Waals surface area (Å²) < 4.78 is 0. The lowest BCUT2D eigenvalue weighted by molar-refractivity contribution is 1.12. The Labute approximate surface area is 223 Å². The van der Waals surface area contributed by atoms with Crippen LogP contribution < -0.4 is 26.2 Å². The second-order valence-electron chi connectivity index (χ2n) is 9.04. The van der Waals surface area contributed by atoms with Crippen molar-refractivity contribution in [1.82, 2.24) is 0 Å². The van der Waals surface area contributed by atoms with Crippen LogP contribution in [0.15, 0.2) is 97.1 Å². The van der Waals surface area contributed by atoms with Crippen LogP contribution in [-0.4, -0.2) is 35.2 Å². The topological polar surface area (TPSA) is 61.8 Å². The quantitative estimate of drug-likeness (QED) is 0.279. The lowest BCUT2D eigenvalue weighted by atomic mass is 10.0. The second kappa shape index (κ2) is 14.4. The summed E-state index contributed by atoms with van der Waals surface area (Å²) in [7, 11) is 10.3. The van der Waals surface area contributed by atoms with Crippen molar-refractivity contribution in [3.8, 4) is 0 Å². The largest absolute Gasteiger partial charge is 0.399 e. The van der Waals surface area contributed by atoms with Gasteiger partial charge < -0.3 is 26.2 Å². The van der Waals surface area contributed by atoms with Gasteiger partial charge in [-0.1, -0.05) is 38.1 Å². The summed E-state index contributed by atoms with van der Waals surface area (Å²) in [6, 6.07) is 33.0. The van der Waals surface area contributed by atoms with Gasteiger partial charge in [-0.25, -0.2) is 0 Å². The molecule has 0 unspecified atom stereocenters. The summed E-state index contributed by atoms with van der Waals surface area (Å²) in [5, 5.41) is 0. The third-order valence-electron chi connectivity index (χ3n) is 5.87. The average Bonchev–Trinajstić information content (AvgIpc) is 2.92. The number of nitrogens with zero attached hydrogens (tertiary/aromatic N) is 3. The highest BCUT2D eigenvalue weighted by atomic mass is 15.1. The van der Waals surface area contributed by atoms with Crippen molar-refractivity contribution in [1.29, 1.82) is 0 Å². The fourth-order valence-electron chi connectivity index (χ4n) is 3.60. The van der Waals surface area contributed by atoms with Crippen molar-refractivity contribution in [3.05, 3.63) is 108 Å². The summed E-state index contributed by atoms with van der Waals surface area (Å²) in [6.07, 6.45) is 0.917. The number of nitrogen functional groups attached to an aromatic ring is 2. The maximum absolute atomic E-state index is 5.62. The van der Waals surface area contributed by atoms with Crippen LogP contribution in [0.4, 0.5) is 34.1 Å². The van der Waals surface area contributed by atoms with E-state index in [0.29, 0.717) is 0 Å². The monoisotopic (exact) mass is 497 g/mol. The molecule has 0 aliphatic heterocycles. The molecule has 0 aliphatic rings. The summed E-state index contributed by atoms with van der Waals surface area (Å²) in [6.45, 7) is 4.00. The number of nitrogens with two attached hydrogens (primary N) is 2. The van der Waals surface area contributed by atoms with Crippen LogP contribution in [-0.2, 0) is 6.42 Å². The van der Waals surface area contributed by atoms with Crippen LogP contribution in [0.1, 0.15) is 25.0 Å². The van der Waals surface area contributed by atoms with Crippen LogP contribution >= 0.6 is 0 Å². The van der Waals surface area contributed by atoms with Crippen LogP contribution in [0.25, 0.3) is 0 Å². The van der Waals surface area contributed by atoms with Gasteiger partial charge in [-0.05, 0) is 90.3 Å². The number of hydrogen-bond donors (Lipinski definition) is 2. The first-order valence-electron chi connectivity index (χ1n) is 12.7. The van der Waals surface area contributed by atoms with E-state index in [9.17, 15) is 0 Å². The van der Waals surface area contributed by atoms with Crippen LogP contribution in [0.5, 0.6) is 0 Å². The normalized spacial score (nSPS) is 9.81. The van der Waals surface area contributed by atoms with Gasteiger partial charge in [0.2, 0.25) is 0 Å². The first-order chi connectivity index (χ1) is 17.7. The Balaban J connectivity index is 0.000000252. The minimum atomic E-state index is 0.802. The SMILES string of the molecule is CC.CN(C)c1ccc(N(C)c2ccc(N(C)C)cc2)cc1.Nc1ccc(Cc2ccc(N)cc2)cc1. The van der Waals surface area contributed by atoms with E-state index >= 15 is 0 Å². The first-order valence-corrected chi connectivity index (χ1v) is 12.7. The van der Waals surface area contributed by atoms with E-state index in [-0.39, 0.29) is 0 Å². The average molecular weight is 498 g/mol. The van der Waals surface area contributed by atoms with Gasteiger partial charge in [0.1, 0.15) is 0 Å². The Bertz CT molecular complexity index is 1070. The van der Waals surface area contributed by atoms with Gasteiger partial charge in [-0.3, -0.25) is 0 Å². The molecule has 196 valence electrons. The lowest BCUT2D eigenvalue weighted by Gasteiger charge is -2.22. The zero-order valence-corrected chi connectivity index (χ0v) is 23.4. The number of benzene rings is 4. The fraction of sp³-hybridized carbons (Fsp3) is 0.250. The lowest BCUT2D eigenvalue weighted by Crippen LogP contribution is -2.12. The van der Waals surface area contributed by atoms with Crippen molar-refractivity contribution < 1.29 is 0 Å². The molecule has 0 radical (unpaired) electrons. The molecule has 0 saturated carbocycles. The Hall–Kier alpha value is -4.12. The van der Waals surface area contributed by atoms with Gasteiger partial charge in [-0.2, -0.15) is 0 Å². The van der Waals surface area contributed by atoms with E-state index in [1.807, 2.05) is 62.4 Å². The Kier molecular flexibility index (Phi) is 11.4. The van der Waals surface area contributed by atoms with E-state index in [0.717, 1.165) is 17.8 Å². The number of hydrogen-bond acceptors (Lipinski definition) is 5. The molecule has 37 heavy (non-hydrogen) atoms. The van der Waals surface area contributed by atoms with Crippen molar-refractivity contribution in [3.63, 3.8) is 0 Å². The third kappa shape index (κ3) is 9.12. The minimum absolute atomic E-state index is 0.802. The molecule has 4 N–H and O–H groups in total. The summed E-state index contributed by atoms with van der Waals surface area (Å²) in [4.78, 5) is 6.41. The zero-order valence-electron chi connectivity index (χ0n) is 23.4. The summed E-state index contributed by atoms with van der Waals surface area (Å²) in [5.74, 6) is 0. The van der Waals surface area contributed by atoms with E-state index in [1.54, 1.807) is 0 Å². The molecule has 0 bridgehead atoms. The molecule has 0 aromatic heterocycles. The van der Waals surface area contributed by atoms with Crippen LogP contribution in [0, 0.1) is 0 Å². The number of rotatable bonds is 6. The van der Waals surface area contributed by atoms with Crippen LogP contribution in [0.3, 0.4) is 0 Å². The predicted molar refractivity (Wildman–Crippen MR) is 165 cm³/mol. The van der Waals surface area contributed by atoms with Crippen molar-refractivity contribution in [2.75, 3.05) is 61.4 Å². The highest BCUT2D eigenvalue weighted by molar-refractivity contribution is 5.66. The molecular formula is C32H43N5. The minimum Gasteiger partial charge on any atom is -0.399 e. The van der Waals surface area contributed by atoms with Gasteiger partial charge in [0, 0.05) is 69.4 Å². The Morgan fingerprint density at radius 1 is 0.432 bits per heavy atom. The molecule has 0 atom stereocenters. The molecular weight excluding hydrogens is 454 g/mol. The molecule has 0 aliphatic carbocycles. The van der Waals surface area contributed by atoms with Gasteiger partial charge in [0.05, 0.1) is 0 Å². The maximum atomic E-state index is 5.62. The second-order valence-corrected chi connectivity index (χ2v) is 9.04.